The molecule has 0 saturated heterocycles. The molecule has 1 aliphatic rings. The summed E-state index contributed by atoms with van der Waals surface area (Å²) in [6.45, 7) is 4.47. The lowest BCUT2D eigenvalue weighted by Crippen LogP contribution is -2.40. The topological polar surface area (TPSA) is 70.6 Å². The first kappa shape index (κ1) is 15.6. The van der Waals surface area contributed by atoms with Crippen molar-refractivity contribution in [3.63, 3.8) is 0 Å². The molecule has 0 fully saturated rings. The van der Waals surface area contributed by atoms with Gasteiger partial charge in [-0.3, -0.25) is 0 Å². The number of fused-ring (bicyclic) bond motifs is 1. The molecule has 23 heavy (non-hydrogen) atoms. The Bertz CT molecular complexity index is 843. The zero-order valence-corrected chi connectivity index (χ0v) is 13.9. The van der Waals surface area contributed by atoms with Crippen LogP contribution in [0.1, 0.15) is 30.9 Å². The minimum absolute atomic E-state index is 0.249. The minimum Gasteiger partial charge on any atom is -0.324 e. The Morgan fingerprint density at radius 3 is 2.52 bits per heavy atom. The Morgan fingerprint density at radius 1 is 1.09 bits per heavy atom. The first-order valence-electron chi connectivity index (χ1n) is 7.48. The lowest BCUT2D eigenvalue weighted by Gasteiger charge is -2.22. The number of rotatable bonds is 3. The van der Waals surface area contributed by atoms with Crippen molar-refractivity contribution in [3.05, 3.63) is 59.7 Å². The van der Waals surface area contributed by atoms with Crippen LogP contribution in [0, 0.1) is 0 Å². The Labute approximate surface area is 136 Å². The van der Waals surface area contributed by atoms with E-state index in [1.165, 1.54) is 0 Å². The number of guanidine groups is 1. The van der Waals surface area contributed by atoms with E-state index in [1.54, 1.807) is 12.1 Å². The molecule has 0 atom stereocenters. The van der Waals surface area contributed by atoms with Crippen LogP contribution in [-0.2, 0) is 16.6 Å². The van der Waals surface area contributed by atoms with Crippen molar-refractivity contribution >= 4 is 21.7 Å². The molecule has 2 N–H and O–H groups in total. The molecule has 0 amide bonds. The fourth-order valence-corrected chi connectivity index (χ4v) is 3.56. The summed E-state index contributed by atoms with van der Waals surface area (Å²) in [5, 5.41) is 3.05. The van der Waals surface area contributed by atoms with Crippen molar-refractivity contribution in [2.75, 3.05) is 5.32 Å². The molecule has 2 aromatic carbocycles. The molecule has 3 rings (SSSR count). The summed E-state index contributed by atoms with van der Waals surface area (Å²) in [6, 6.07) is 15.1. The van der Waals surface area contributed by atoms with Gasteiger partial charge in [-0.05, 0) is 29.2 Å². The molecule has 120 valence electrons. The summed E-state index contributed by atoms with van der Waals surface area (Å²) < 4.78 is 27.4. The largest absolute Gasteiger partial charge is 0.324 e. The fraction of sp³-hybridized carbons (Fsp3) is 0.235. The van der Waals surface area contributed by atoms with Crippen LogP contribution >= 0.6 is 0 Å². The van der Waals surface area contributed by atoms with Gasteiger partial charge in [0, 0.05) is 0 Å². The SMILES string of the molecule is CC(C)c1ccc2c(c1)S(=O)(=O)NC(=NCc1ccccc1)N2. The van der Waals surface area contributed by atoms with E-state index in [2.05, 4.69) is 15.0 Å². The average Bonchev–Trinajstić information content (AvgIpc) is 2.53. The second-order valence-corrected chi connectivity index (χ2v) is 7.44. The number of hydrogen-bond donors (Lipinski definition) is 2. The van der Waals surface area contributed by atoms with Crippen LogP contribution in [0.15, 0.2) is 58.4 Å². The Morgan fingerprint density at radius 2 is 1.83 bits per heavy atom. The lowest BCUT2D eigenvalue weighted by atomic mass is 10.0. The number of sulfonamides is 1. The van der Waals surface area contributed by atoms with E-state index in [1.807, 2.05) is 50.2 Å². The highest BCUT2D eigenvalue weighted by Gasteiger charge is 2.27. The number of hydrogen-bond acceptors (Lipinski definition) is 3. The average molecular weight is 329 g/mol. The minimum atomic E-state index is -3.59. The quantitative estimate of drug-likeness (QED) is 0.909. The first-order chi connectivity index (χ1) is 11.0. The number of benzene rings is 2. The number of nitrogens with one attached hydrogen (secondary N) is 2. The summed E-state index contributed by atoms with van der Waals surface area (Å²) in [4.78, 5) is 4.59. The smallest absolute Gasteiger partial charge is 0.266 e. The van der Waals surface area contributed by atoms with Crippen molar-refractivity contribution < 1.29 is 8.42 Å². The van der Waals surface area contributed by atoms with Crippen LogP contribution < -0.4 is 10.0 Å². The number of aliphatic imine (C=N–C) groups is 1. The molecule has 1 heterocycles. The third-order valence-electron chi connectivity index (χ3n) is 3.71. The normalized spacial score (nSPS) is 17.4. The predicted octanol–water partition coefficient (Wildman–Crippen LogP) is 3.07. The van der Waals surface area contributed by atoms with Crippen LogP contribution in [-0.4, -0.2) is 14.4 Å². The van der Waals surface area contributed by atoms with Crippen LogP contribution in [0.4, 0.5) is 5.69 Å². The Hall–Kier alpha value is -2.34. The molecule has 0 spiro atoms. The maximum atomic E-state index is 12.4. The summed E-state index contributed by atoms with van der Waals surface area (Å²) in [7, 11) is -3.59. The van der Waals surface area contributed by atoms with Crippen LogP contribution in [0.25, 0.3) is 0 Å². The molecule has 0 radical (unpaired) electrons. The maximum absolute atomic E-state index is 12.4. The molecule has 0 aromatic heterocycles. The van der Waals surface area contributed by atoms with E-state index < -0.39 is 10.0 Å². The van der Waals surface area contributed by atoms with Crippen LogP contribution in [0.3, 0.4) is 0 Å². The zero-order chi connectivity index (χ0) is 16.4. The van der Waals surface area contributed by atoms with Gasteiger partial charge in [-0.2, -0.15) is 0 Å². The summed E-state index contributed by atoms with van der Waals surface area (Å²) >= 11 is 0. The van der Waals surface area contributed by atoms with Gasteiger partial charge in [0.25, 0.3) is 10.0 Å². The van der Waals surface area contributed by atoms with Crippen molar-refractivity contribution in [2.45, 2.75) is 31.2 Å². The molecule has 5 nitrogen and oxygen atoms in total. The van der Waals surface area contributed by atoms with Crippen LogP contribution in [0.5, 0.6) is 0 Å². The second kappa shape index (κ2) is 6.04. The Kier molecular flexibility index (Phi) is 4.09. The van der Waals surface area contributed by atoms with Gasteiger partial charge >= 0.3 is 0 Å². The summed E-state index contributed by atoms with van der Waals surface area (Å²) in [5.41, 5.74) is 2.56. The van der Waals surface area contributed by atoms with Gasteiger partial charge in [0.2, 0.25) is 5.96 Å². The number of nitrogens with zero attached hydrogens (tertiary/aromatic N) is 1. The van der Waals surface area contributed by atoms with Gasteiger partial charge in [0.15, 0.2) is 0 Å². The highest BCUT2D eigenvalue weighted by molar-refractivity contribution is 7.90. The molecule has 2 aromatic rings. The second-order valence-electron chi connectivity index (χ2n) is 5.79. The third kappa shape index (κ3) is 3.37. The summed E-state index contributed by atoms with van der Waals surface area (Å²) in [6.07, 6.45) is 0. The van der Waals surface area contributed by atoms with E-state index in [4.69, 9.17) is 0 Å². The Balaban J connectivity index is 1.90. The van der Waals surface area contributed by atoms with E-state index in [0.717, 1.165) is 11.1 Å². The van der Waals surface area contributed by atoms with E-state index in [9.17, 15) is 8.42 Å². The van der Waals surface area contributed by atoms with Gasteiger partial charge < -0.3 is 5.32 Å². The zero-order valence-electron chi connectivity index (χ0n) is 13.1. The van der Waals surface area contributed by atoms with Crippen molar-refractivity contribution in [3.8, 4) is 0 Å². The van der Waals surface area contributed by atoms with E-state index in [0.29, 0.717) is 12.2 Å². The maximum Gasteiger partial charge on any atom is 0.266 e. The monoisotopic (exact) mass is 329 g/mol. The van der Waals surface area contributed by atoms with Gasteiger partial charge in [-0.1, -0.05) is 50.2 Å². The lowest BCUT2D eigenvalue weighted by molar-refractivity contribution is 0.591. The van der Waals surface area contributed by atoms with Crippen molar-refractivity contribution in [1.29, 1.82) is 0 Å². The van der Waals surface area contributed by atoms with Crippen LogP contribution in [0.2, 0.25) is 0 Å². The molecule has 0 bridgehead atoms. The van der Waals surface area contributed by atoms with Crippen molar-refractivity contribution in [1.82, 2.24) is 4.72 Å². The third-order valence-corrected chi connectivity index (χ3v) is 5.09. The molecule has 0 unspecified atom stereocenters. The van der Waals surface area contributed by atoms with Gasteiger partial charge in [0.1, 0.15) is 4.90 Å². The van der Waals surface area contributed by atoms with Gasteiger partial charge in [-0.15, -0.1) is 0 Å². The highest BCUT2D eigenvalue weighted by Crippen LogP contribution is 2.28. The highest BCUT2D eigenvalue weighted by atomic mass is 32.2. The molecule has 6 heteroatoms. The van der Waals surface area contributed by atoms with E-state index in [-0.39, 0.29) is 16.8 Å². The molecule has 0 aliphatic carbocycles. The summed E-state index contributed by atoms with van der Waals surface area (Å²) in [5.74, 6) is 0.516. The fourth-order valence-electron chi connectivity index (χ4n) is 2.38. The van der Waals surface area contributed by atoms with Gasteiger partial charge in [-0.25, -0.2) is 18.1 Å². The standard InChI is InChI=1S/C17H19N3O2S/c1-12(2)14-8-9-15-16(10-14)23(21,22)20-17(19-15)18-11-13-6-4-3-5-7-13/h3-10,12H,11H2,1-2H3,(H2,18,19,20). The molecular formula is C17H19N3O2S. The van der Waals surface area contributed by atoms with E-state index >= 15 is 0 Å². The molecular weight excluding hydrogens is 310 g/mol. The molecule has 0 saturated carbocycles. The first-order valence-corrected chi connectivity index (χ1v) is 8.96. The number of anilines is 1. The predicted molar refractivity (Wildman–Crippen MR) is 92.1 cm³/mol. The molecule has 1 aliphatic heterocycles. The van der Waals surface area contributed by atoms with Gasteiger partial charge in [0.05, 0.1) is 12.2 Å². The van der Waals surface area contributed by atoms with Crippen molar-refractivity contribution in [2.24, 2.45) is 4.99 Å².